The molecule has 1 aliphatic rings. The van der Waals surface area contributed by atoms with Crippen LogP contribution in [0.1, 0.15) is 53.9 Å². The standard InChI is InChI=1S/C13H27N/c1-6-14-12(10(2)3)11-7-8-13(4,5)9-11/h10-12,14H,6-9H2,1-5H3. The van der Waals surface area contributed by atoms with Crippen molar-refractivity contribution in [3.05, 3.63) is 0 Å². The fourth-order valence-corrected chi connectivity index (χ4v) is 2.98. The highest BCUT2D eigenvalue weighted by atomic mass is 14.9. The average molecular weight is 197 g/mol. The Balaban J connectivity index is 2.53. The highest BCUT2D eigenvalue weighted by Gasteiger charge is 2.35. The van der Waals surface area contributed by atoms with Crippen LogP contribution < -0.4 is 5.32 Å². The van der Waals surface area contributed by atoms with E-state index in [9.17, 15) is 0 Å². The molecule has 0 amide bonds. The fraction of sp³-hybridized carbons (Fsp3) is 1.00. The van der Waals surface area contributed by atoms with Crippen LogP contribution in [0.3, 0.4) is 0 Å². The van der Waals surface area contributed by atoms with Gasteiger partial charge in [-0.2, -0.15) is 0 Å². The Morgan fingerprint density at radius 1 is 1.36 bits per heavy atom. The average Bonchev–Trinajstić information content (AvgIpc) is 2.41. The summed E-state index contributed by atoms with van der Waals surface area (Å²) in [5, 5.41) is 3.66. The molecule has 2 unspecified atom stereocenters. The van der Waals surface area contributed by atoms with Crippen molar-refractivity contribution < 1.29 is 0 Å². The number of hydrogen-bond acceptors (Lipinski definition) is 1. The maximum absolute atomic E-state index is 3.66. The number of nitrogens with one attached hydrogen (secondary N) is 1. The van der Waals surface area contributed by atoms with Crippen molar-refractivity contribution in [1.29, 1.82) is 0 Å². The second-order valence-corrected chi connectivity index (χ2v) is 5.99. The van der Waals surface area contributed by atoms with E-state index in [1.54, 1.807) is 0 Å². The Labute approximate surface area is 89.7 Å². The van der Waals surface area contributed by atoms with Gasteiger partial charge < -0.3 is 5.32 Å². The molecule has 2 atom stereocenters. The first-order chi connectivity index (χ1) is 6.46. The van der Waals surface area contributed by atoms with Gasteiger partial charge in [-0.05, 0) is 43.1 Å². The van der Waals surface area contributed by atoms with Crippen LogP contribution in [0.25, 0.3) is 0 Å². The van der Waals surface area contributed by atoms with E-state index < -0.39 is 0 Å². The minimum atomic E-state index is 0.591. The molecule has 0 radical (unpaired) electrons. The van der Waals surface area contributed by atoms with Gasteiger partial charge in [0.1, 0.15) is 0 Å². The third-order valence-corrected chi connectivity index (χ3v) is 3.67. The van der Waals surface area contributed by atoms with Gasteiger partial charge in [-0.25, -0.2) is 0 Å². The first kappa shape index (κ1) is 12.0. The SMILES string of the molecule is CCNC(C(C)C)C1CCC(C)(C)C1. The highest BCUT2D eigenvalue weighted by Crippen LogP contribution is 2.43. The van der Waals surface area contributed by atoms with Crippen LogP contribution in [-0.4, -0.2) is 12.6 Å². The lowest BCUT2D eigenvalue weighted by Gasteiger charge is -2.29. The summed E-state index contributed by atoms with van der Waals surface area (Å²) in [7, 11) is 0. The second-order valence-electron chi connectivity index (χ2n) is 5.99. The molecule has 1 N–H and O–H groups in total. The van der Waals surface area contributed by atoms with Gasteiger partial charge in [-0.1, -0.05) is 34.6 Å². The second kappa shape index (κ2) is 4.65. The quantitative estimate of drug-likeness (QED) is 0.728. The van der Waals surface area contributed by atoms with Crippen molar-refractivity contribution in [3.8, 4) is 0 Å². The molecule has 1 heteroatoms. The summed E-state index contributed by atoms with van der Waals surface area (Å²) in [6, 6.07) is 0.738. The van der Waals surface area contributed by atoms with Crippen molar-refractivity contribution in [1.82, 2.24) is 5.32 Å². The van der Waals surface area contributed by atoms with E-state index in [1.807, 2.05) is 0 Å². The topological polar surface area (TPSA) is 12.0 Å². The van der Waals surface area contributed by atoms with Crippen molar-refractivity contribution in [2.75, 3.05) is 6.54 Å². The summed E-state index contributed by atoms with van der Waals surface area (Å²) in [5.41, 5.74) is 0.591. The van der Waals surface area contributed by atoms with Gasteiger partial charge in [0.25, 0.3) is 0 Å². The van der Waals surface area contributed by atoms with E-state index in [1.165, 1.54) is 19.3 Å². The Hall–Kier alpha value is -0.0400. The van der Waals surface area contributed by atoms with Crippen LogP contribution >= 0.6 is 0 Å². The molecule has 0 bridgehead atoms. The summed E-state index contributed by atoms with van der Waals surface area (Å²) in [6.45, 7) is 12.8. The normalized spacial score (nSPS) is 28.3. The molecule has 1 fully saturated rings. The predicted octanol–water partition coefficient (Wildman–Crippen LogP) is 3.45. The zero-order valence-corrected chi connectivity index (χ0v) is 10.6. The van der Waals surface area contributed by atoms with Crippen molar-refractivity contribution in [3.63, 3.8) is 0 Å². The van der Waals surface area contributed by atoms with Crippen molar-refractivity contribution in [2.45, 2.75) is 59.9 Å². The molecule has 1 rings (SSSR count). The Morgan fingerprint density at radius 3 is 2.36 bits per heavy atom. The smallest absolute Gasteiger partial charge is 0.0118 e. The van der Waals surface area contributed by atoms with Crippen LogP contribution in [0.5, 0.6) is 0 Å². The summed E-state index contributed by atoms with van der Waals surface area (Å²) < 4.78 is 0. The molecular weight excluding hydrogens is 170 g/mol. The third-order valence-electron chi connectivity index (χ3n) is 3.67. The van der Waals surface area contributed by atoms with Crippen molar-refractivity contribution in [2.24, 2.45) is 17.3 Å². The Bertz CT molecular complexity index is 172. The zero-order valence-electron chi connectivity index (χ0n) is 10.6. The zero-order chi connectivity index (χ0) is 10.8. The molecule has 1 nitrogen and oxygen atoms in total. The van der Waals surface area contributed by atoms with Gasteiger partial charge in [0.2, 0.25) is 0 Å². The Morgan fingerprint density at radius 2 is 2.00 bits per heavy atom. The van der Waals surface area contributed by atoms with Gasteiger partial charge in [-0.3, -0.25) is 0 Å². The maximum atomic E-state index is 3.66. The van der Waals surface area contributed by atoms with E-state index in [2.05, 4.69) is 39.9 Å². The first-order valence-corrected chi connectivity index (χ1v) is 6.19. The Kier molecular flexibility index (Phi) is 4.00. The minimum Gasteiger partial charge on any atom is -0.314 e. The van der Waals surface area contributed by atoms with Crippen LogP contribution in [0, 0.1) is 17.3 Å². The minimum absolute atomic E-state index is 0.591. The van der Waals surface area contributed by atoms with E-state index in [0.717, 1.165) is 24.4 Å². The van der Waals surface area contributed by atoms with Gasteiger partial charge in [0.05, 0.1) is 0 Å². The molecule has 1 aliphatic carbocycles. The van der Waals surface area contributed by atoms with Crippen LogP contribution in [0.4, 0.5) is 0 Å². The summed E-state index contributed by atoms with van der Waals surface area (Å²) in [6.07, 6.45) is 4.23. The number of hydrogen-bond donors (Lipinski definition) is 1. The van der Waals surface area contributed by atoms with Gasteiger partial charge in [0.15, 0.2) is 0 Å². The third kappa shape index (κ3) is 2.98. The molecule has 0 aliphatic heterocycles. The van der Waals surface area contributed by atoms with E-state index in [-0.39, 0.29) is 0 Å². The molecule has 0 heterocycles. The lowest BCUT2D eigenvalue weighted by molar-refractivity contribution is 0.265. The lowest BCUT2D eigenvalue weighted by Crippen LogP contribution is -2.39. The van der Waals surface area contributed by atoms with E-state index in [4.69, 9.17) is 0 Å². The molecule has 14 heavy (non-hydrogen) atoms. The molecule has 84 valence electrons. The molecule has 0 aromatic carbocycles. The summed E-state index contributed by atoms with van der Waals surface area (Å²) in [5.74, 6) is 1.68. The molecule has 0 saturated heterocycles. The largest absolute Gasteiger partial charge is 0.314 e. The maximum Gasteiger partial charge on any atom is 0.0118 e. The number of rotatable bonds is 4. The van der Waals surface area contributed by atoms with E-state index in [0.29, 0.717) is 5.41 Å². The van der Waals surface area contributed by atoms with Gasteiger partial charge in [0, 0.05) is 6.04 Å². The van der Waals surface area contributed by atoms with Gasteiger partial charge >= 0.3 is 0 Å². The summed E-state index contributed by atoms with van der Waals surface area (Å²) in [4.78, 5) is 0. The van der Waals surface area contributed by atoms with Crippen LogP contribution in [0.2, 0.25) is 0 Å². The van der Waals surface area contributed by atoms with Crippen LogP contribution in [-0.2, 0) is 0 Å². The molecule has 1 saturated carbocycles. The highest BCUT2D eigenvalue weighted by molar-refractivity contribution is 4.89. The van der Waals surface area contributed by atoms with Crippen LogP contribution in [0.15, 0.2) is 0 Å². The molecule has 0 aromatic rings. The molecule has 0 spiro atoms. The monoisotopic (exact) mass is 197 g/mol. The molecule has 0 aromatic heterocycles. The van der Waals surface area contributed by atoms with E-state index >= 15 is 0 Å². The molecular formula is C13H27N. The fourth-order valence-electron chi connectivity index (χ4n) is 2.98. The first-order valence-electron chi connectivity index (χ1n) is 6.19. The lowest BCUT2D eigenvalue weighted by atomic mass is 9.85. The van der Waals surface area contributed by atoms with Gasteiger partial charge in [-0.15, -0.1) is 0 Å². The van der Waals surface area contributed by atoms with Crippen molar-refractivity contribution >= 4 is 0 Å². The summed E-state index contributed by atoms with van der Waals surface area (Å²) >= 11 is 0. The predicted molar refractivity (Wildman–Crippen MR) is 63.4 cm³/mol.